The summed E-state index contributed by atoms with van der Waals surface area (Å²) in [6.45, 7) is 0. The van der Waals surface area contributed by atoms with Crippen LogP contribution in [0, 0.1) is 0 Å². The molecule has 0 aliphatic carbocycles. The molecule has 4 heteroatoms. The van der Waals surface area contributed by atoms with E-state index in [9.17, 15) is 0 Å². The summed E-state index contributed by atoms with van der Waals surface area (Å²) < 4.78 is 9.52. The highest BCUT2D eigenvalue weighted by Gasteiger charge is 2.20. The van der Waals surface area contributed by atoms with Crippen LogP contribution in [0.5, 0.6) is 0 Å². The summed E-state index contributed by atoms with van der Waals surface area (Å²) in [5.74, 6) is 0. The summed E-state index contributed by atoms with van der Waals surface area (Å²) in [5.41, 5.74) is 19.2. The van der Waals surface area contributed by atoms with Gasteiger partial charge in [-0.15, -0.1) is 0 Å². The van der Waals surface area contributed by atoms with Crippen molar-refractivity contribution >= 4 is 87.2 Å². The fourth-order valence-corrected chi connectivity index (χ4v) is 11.2. The summed E-state index contributed by atoms with van der Waals surface area (Å²) in [4.78, 5) is 0. The molecule has 0 radical (unpaired) electrons. The first-order valence-electron chi connectivity index (χ1n) is 22.8. The van der Waals surface area contributed by atoms with Gasteiger partial charge in [-0.3, -0.25) is 0 Å². The molecule has 0 N–H and O–H groups in total. The van der Waals surface area contributed by atoms with Gasteiger partial charge in [-0.05, 0) is 130 Å². The Labute approximate surface area is 381 Å². The molecule has 0 spiro atoms. The molecule has 0 unspecified atom stereocenters. The predicted octanol–water partition coefficient (Wildman–Crippen LogP) is 16.2. The fourth-order valence-electron chi connectivity index (χ4n) is 11.2. The molecule has 66 heavy (non-hydrogen) atoms. The second-order valence-electron chi connectivity index (χ2n) is 17.9. The van der Waals surface area contributed by atoms with Crippen LogP contribution in [0.2, 0.25) is 0 Å². The van der Waals surface area contributed by atoms with Crippen LogP contribution in [0.15, 0.2) is 218 Å². The van der Waals surface area contributed by atoms with Gasteiger partial charge in [0.25, 0.3) is 0 Å². The number of rotatable bonds is 5. The van der Waals surface area contributed by atoms with Crippen LogP contribution in [-0.4, -0.2) is 18.3 Å². The average Bonchev–Trinajstić information content (AvgIpc) is 4.07. The molecule has 10 aromatic carbocycles. The maximum atomic E-state index is 2.46. The lowest BCUT2D eigenvalue weighted by molar-refractivity contribution is 1.01. The summed E-state index contributed by atoms with van der Waals surface area (Å²) >= 11 is 0. The standard InChI is InChI=1S/C62H42N4/c1-63-55-19-11-9-17-47(55)53-37-45(25-31-57(53)63)65-59-27-21-41(39-13-5-3-6-14-39)33-49(59)51-35-43(23-29-61(51)65)44-24-30-62-52(36-44)50-34-42(40-15-7-4-8-16-40)22-28-60(50)66(62)46-26-32-58-54(38-46)48-18-10-12-20-56(48)64(58)2/h3-38H,1-2H3. The van der Waals surface area contributed by atoms with Crippen LogP contribution in [0.3, 0.4) is 0 Å². The lowest BCUT2D eigenvalue weighted by Gasteiger charge is -2.10. The quantitative estimate of drug-likeness (QED) is 0.164. The molecule has 4 aromatic heterocycles. The van der Waals surface area contributed by atoms with Crippen LogP contribution in [-0.2, 0) is 14.1 Å². The zero-order valence-corrected chi connectivity index (χ0v) is 36.6. The van der Waals surface area contributed by atoms with Crippen molar-refractivity contribution in [3.8, 4) is 44.8 Å². The second-order valence-corrected chi connectivity index (χ2v) is 17.9. The Hall–Kier alpha value is -8.60. The first-order chi connectivity index (χ1) is 32.6. The van der Waals surface area contributed by atoms with Gasteiger partial charge in [-0.2, -0.15) is 0 Å². The molecule has 0 aliphatic rings. The van der Waals surface area contributed by atoms with E-state index in [4.69, 9.17) is 0 Å². The minimum Gasteiger partial charge on any atom is -0.344 e. The molecule has 0 amide bonds. The van der Waals surface area contributed by atoms with Crippen LogP contribution < -0.4 is 0 Å². The van der Waals surface area contributed by atoms with Gasteiger partial charge in [0.2, 0.25) is 0 Å². The van der Waals surface area contributed by atoms with Gasteiger partial charge in [0, 0.05) is 90.6 Å². The van der Waals surface area contributed by atoms with Crippen molar-refractivity contribution in [3.05, 3.63) is 218 Å². The minimum atomic E-state index is 1.16. The summed E-state index contributed by atoms with van der Waals surface area (Å²) in [6, 6.07) is 80.9. The molecular weight excluding hydrogens is 801 g/mol. The Kier molecular flexibility index (Phi) is 7.79. The molecule has 0 saturated carbocycles. The third kappa shape index (κ3) is 5.33. The van der Waals surface area contributed by atoms with Crippen molar-refractivity contribution in [1.29, 1.82) is 0 Å². The van der Waals surface area contributed by atoms with Crippen molar-refractivity contribution in [2.75, 3.05) is 0 Å². The first-order valence-corrected chi connectivity index (χ1v) is 22.8. The van der Waals surface area contributed by atoms with Crippen LogP contribution in [0.1, 0.15) is 0 Å². The number of aromatic nitrogens is 4. The minimum absolute atomic E-state index is 1.16. The van der Waals surface area contributed by atoms with Crippen molar-refractivity contribution < 1.29 is 0 Å². The summed E-state index contributed by atoms with van der Waals surface area (Å²) in [7, 11) is 4.33. The zero-order chi connectivity index (χ0) is 43.6. The monoisotopic (exact) mass is 842 g/mol. The zero-order valence-electron chi connectivity index (χ0n) is 36.6. The van der Waals surface area contributed by atoms with Crippen molar-refractivity contribution in [2.24, 2.45) is 14.1 Å². The molecule has 0 fully saturated rings. The van der Waals surface area contributed by atoms with Crippen molar-refractivity contribution in [3.63, 3.8) is 0 Å². The van der Waals surface area contributed by atoms with Gasteiger partial charge in [0.1, 0.15) is 0 Å². The lowest BCUT2D eigenvalue weighted by atomic mass is 9.98. The topological polar surface area (TPSA) is 19.7 Å². The van der Waals surface area contributed by atoms with E-state index in [1.807, 2.05) is 0 Å². The summed E-state index contributed by atoms with van der Waals surface area (Å²) in [6.07, 6.45) is 0. The van der Waals surface area contributed by atoms with E-state index in [0.717, 1.165) is 11.4 Å². The largest absolute Gasteiger partial charge is 0.344 e. The molecule has 0 bridgehead atoms. The molecule has 4 nitrogen and oxygen atoms in total. The normalized spacial score (nSPS) is 12.1. The molecule has 4 heterocycles. The van der Waals surface area contributed by atoms with Crippen LogP contribution >= 0.6 is 0 Å². The number of hydrogen-bond donors (Lipinski definition) is 0. The second kappa shape index (κ2) is 13.9. The molecule has 0 aliphatic heterocycles. The first kappa shape index (κ1) is 36.8. The summed E-state index contributed by atoms with van der Waals surface area (Å²) in [5, 5.41) is 10.0. The molecule has 14 aromatic rings. The highest BCUT2D eigenvalue weighted by molar-refractivity contribution is 6.15. The Balaban J connectivity index is 0.989. The van der Waals surface area contributed by atoms with Crippen molar-refractivity contribution in [1.82, 2.24) is 18.3 Å². The van der Waals surface area contributed by atoms with Gasteiger partial charge < -0.3 is 18.3 Å². The highest BCUT2D eigenvalue weighted by atomic mass is 15.0. The van der Waals surface area contributed by atoms with E-state index in [1.165, 1.54) is 121 Å². The van der Waals surface area contributed by atoms with Gasteiger partial charge in [-0.1, -0.05) is 121 Å². The number of para-hydroxylation sites is 2. The fraction of sp³-hybridized carbons (Fsp3) is 0.0323. The lowest BCUT2D eigenvalue weighted by Crippen LogP contribution is -1.95. The van der Waals surface area contributed by atoms with E-state index < -0.39 is 0 Å². The number of nitrogens with zero attached hydrogens (tertiary/aromatic N) is 4. The Bertz CT molecular complexity index is 4010. The maximum Gasteiger partial charge on any atom is 0.0541 e. The Morgan fingerprint density at radius 2 is 0.500 bits per heavy atom. The van der Waals surface area contributed by atoms with E-state index in [1.54, 1.807) is 0 Å². The van der Waals surface area contributed by atoms with Gasteiger partial charge in [-0.25, -0.2) is 0 Å². The van der Waals surface area contributed by atoms with E-state index in [2.05, 4.69) is 251 Å². The van der Waals surface area contributed by atoms with E-state index in [0.29, 0.717) is 0 Å². The smallest absolute Gasteiger partial charge is 0.0541 e. The molecular formula is C62H42N4. The van der Waals surface area contributed by atoms with Gasteiger partial charge >= 0.3 is 0 Å². The van der Waals surface area contributed by atoms with Crippen molar-refractivity contribution in [2.45, 2.75) is 0 Å². The average molecular weight is 843 g/mol. The van der Waals surface area contributed by atoms with Gasteiger partial charge in [0.15, 0.2) is 0 Å². The predicted molar refractivity (Wildman–Crippen MR) is 279 cm³/mol. The number of hydrogen-bond acceptors (Lipinski definition) is 0. The Morgan fingerprint density at radius 1 is 0.212 bits per heavy atom. The van der Waals surface area contributed by atoms with Crippen LogP contribution in [0.25, 0.3) is 132 Å². The molecule has 14 rings (SSSR count). The molecule has 0 atom stereocenters. The number of fused-ring (bicyclic) bond motifs is 12. The SMILES string of the molecule is Cn1c2ccccc2c2cc(-n3c4ccc(-c5ccccc5)cc4c4cc(-c5ccc6c(c5)c5cc(-c7ccccc7)ccc5n6-c5ccc6c(c5)c5ccccc5n6C)ccc43)ccc21. The van der Waals surface area contributed by atoms with E-state index >= 15 is 0 Å². The molecule has 0 saturated heterocycles. The Morgan fingerprint density at radius 3 is 0.879 bits per heavy atom. The third-order valence-corrected chi connectivity index (χ3v) is 14.4. The molecule has 310 valence electrons. The van der Waals surface area contributed by atoms with Gasteiger partial charge in [0.05, 0.1) is 22.1 Å². The highest BCUT2D eigenvalue weighted by Crippen LogP contribution is 2.42. The number of benzene rings is 10. The van der Waals surface area contributed by atoms with E-state index in [-0.39, 0.29) is 0 Å². The maximum absolute atomic E-state index is 2.46. The third-order valence-electron chi connectivity index (χ3n) is 14.4. The van der Waals surface area contributed by atoms with Crippen LogP contribution in [0.4, 0.5) is 0 Å². The number of aryl methyl sites for hydroxylation is 2.